The summed E-state index contributed by atoms with van der Waals surface area (Å²) in [5.74, 6) is -7.90. The van der Waals surface area contributed by atoms with E-state index in [1.807, 2.05) is 0 Å². The predicted molar refractivity (Wildman–Crippen MR) is 360 cm³/mol. The molecule has 2 aromatic heterocycles. The maximum Gasteiger partial charge on any atom is 0.246 e. The van der Waals surface area contributed by atoms with Crippen LogP contribution in [0, 0.1) is 17.5 Å². The van der Waals surface area contributed by atoms with Gasteiger partial charge < -0.3 is 73.2 Å². The number of ether oxygens (including phenoxy) is 1. The normalized spacial score (nSPS) is 23.9. The third kappa shape index (κ3) is 18.7. The number of nitrogens with two attached hydrogens (primary N) is 2. The molecule has 24 nitrogen and oxygen atoms in total. The van der Waals surface area contributed by atoms with Crippen LogP contribution in [0.5, 0.6) is 5.75 Å². The largest absolute Gasteiger partial charge is 0.497 e. The van der Waals surface area contributed by atoms with Gasteiger partial charge in [-0.15, -0.1) is 0 Å². The summed E-state index contributed by atoms with van der Waals surface area (Å²) in [6, 6.07) is 9.95. The first-order chi connectivity index (χ1) is 46.5. The number of benzene rings is 4. The highest BCUT2D eigenvalue weighted by molar-refractivity contribution is 7.98. The molecule has 0 saturated carbocycles. The van der Waals surface area contributed by atoms with Gasteiger partial charge in [0.2, 0.25) is 59.1 Å². The molecule has 10 amide bonds. The number of thioether (sulfide) groups is 2. The van der Waals surface area contributed by atoms with E-state index in [-0.39, 0.29) is 75.3 Å². The number of hydrogen-bond acceptors (Lipinski definition) is 14. The molecule has 3 aliphatic heterocycles. The second kappa shape index (κ2) is 33.2. The molecule has 97 heavy (non-hydrogen) atoms. The number of aromatic nitrogens is 2. The van der Waals surface area contributed by atoms with E-state index in [0.717, 1.165) is 0 Å². The zero-order chi connectivity index (χ0) is 69.5. The Morgan fingerprint density at radius 1 is 0.649 bits per heavy atom. The standard InChI is InChI=1S/C68H82F3N13O11S2/c1-38-61(88)80-53(28-42-32-74-50-16-12-44(69)30-48(42)50)63(90)81-55(29-43-33-75-51-17-13-45(70)31-49(43)51)65(92)83-21-6-9-57(83)64(91)76-34-59(86)79-54(27-39-10-14-47(95-3)15-11-39)66(93)84-22-7-19-68(84,2)67(94)82-56(60(73)87)37-97-36-41-24-40(25-46(71)26-41)35-96-23-18-58(85)78-52(62(89)77-38)8-4-5-20-72/h10-17,24-26,30-33,38,52-57,74-75H,4-9,18-23,27-29,34-37,72H2,1-3H3,(H2,73,87)(H,76,91)(H,77,89)(H,78,85)(H,79,86)(H,80,88)(H,81,90)(H,82,94)/t38-,52+,53+,54+,55+,56+,57+,68+/m1/s1. The van der Waals surface area contributed by atoms with Crippen molar-refractivity contribution in [1.82, 2.24) is 57.0 Å². The number of carbonyl (C=O) groups is 10. The van der Waals surface area contributed by atoms with Crippen molar-refractivity contribution in [2.45, 2.75) is 144 Å². The predicted octanol–water partition coefficient (Wildman–Crippen LogP) is 3.70. The lowest BCUT2D eigenvalue weighted by Gasteiger charge is -2.37. The van der Waals surface area contributed by atoms with Gasteiger partial charge in [0.1, 0.15) is 71.0 Å². The van der Waals surface area contributed by atoms with E-state index in [2.05, 4.69) is 47.2 Å². The number of carbonyl (C=O) groups excluding carboxylic acids is 10. The number of methoxy groups -OCH3 is 1. The lowest BCUT2D eigenvalue weighted by molar-refractivity contribution is -0.147. The quantitative estimate of drug-likeness (QED) is 0.0779. The number of fused-ring (bicyclic) bond motifs is 6. The van der Waals surface area contributed by atoms with Crippen molar-refractivity contribution < 1.29 is 65.9 Å². The topological polar surface area (TPSA) is 354 Å². The van der Waals surface area contributed by atoms with Gasteiger partial charge in [-0.2, -0.15) is 23.5 Å². The number of primary amides is 1. The number of nitrogens with zero attached hydrogens (tertiary/aromatic N) is 2. The Morgan fingerprint density at radius 3 is 1.92 bits per heavy atom. The van der Waals surface area contributed by atoms with E-state index in [4.69, 9.17) is 16.2 Å². The number of unbranched alkanes of at least 4 members (excludes halogenated alkanes) is 1. The molecule has 0 unspecified atom stereocenters. The van der Waals surface area contributed by atoms with Crippen molar-refractivity contribution in [3.05, 3.63) is 137 Å². The molecule has 2 bridgehead atoms. The number of nitrogens with one attached hydrogen (secondary N) is 9. The lowest BCUT2D eigenvalue weighted by atomic mass is 9.95. The zero-order valence-electron chi connectivity index (χ0n) is 54.1. The Bertz CT molecular complexity index is 3890. The van der Waals surface area contributed by atoms with Crippen LogP contribution in [-0.4, -0.2) is 171 Å². The Kier molecular flexibility index (Phi) is 24.7. The van der Waals surface area contributed by atoms with E-state index in [1.165, 1.54) is 102 Å². The van der Waals surface area contributed by atoms with Gasteiger partial charge in [0.15, 0.2) is 0 Å². The minimum atomic E-state index is -1.54. The highest BCUT2D eigenvalue weighted by Crippen LogP contribution is 2.32. The summed E-state index contributed by atoms with van der Waals surface area (Å²) in [5.41, 5.74) is 13.7. The number of amides is 10. The summed E-state index contributed by atoms with van der Waals surface area (Å²) in [5, 5.41) is 19.8. The van der Waals surface area contributed by atoms with Crippen LogP contribution in [0.1, 0.15) is 93.0 Å². The molecule has 9 rings (SSSR count). The molecule has 29 heteroatoms. The van der Waals surface area contributed by atoms with Crippen LogP contribution < -0.4 is 53.4 Å². The summed E-state index contributed by atoms with van der Waals surface area (Å²) in [6.45, 7) is 2.65. The van der Waals surface area contributed by atoms with E-state index in [1.54, 1.807) is 43.5 Å². The number of halogens is 3. The van der Waals surface area contributed by atoms with E-state index in [9.17, 15) is 47.1 Å². The van der Waals surface area contributed by atoms with Crippen molar-refractivity contribution >= 4 is 104 Å². The number of aromatic amines is 2. The van der Waals surface area contributed by atoms with Crippen LogP contribution in [0.4, 0.5) is 13.2 Å². The van der Waals surface area contributed by atoms with Crippen LogP contribution in [0.2, 0.25) is 0 Å². The SMILES string of the molecule is COc1ccc(C[C@@H]2NC(=O)CNC(=O)[C@@H]3CCCN3C(=O)[C@H](Cc3c[nH]c4ccc(F)cc34)NC(=O)[C@H](Cc3c[nH]c4ccc(F)cc34)NC(=O)[C@@H](C)NC(=O)[C@H](CCCCN)NC(=O)CCSCc3cc(F)cc(c3)CSC[C@@H](C(N)=O)NC(=O)[C@]3(C)CCCN3C2=O)cc1. The third-order valence-corrected chi connectivity index (χ3v) is 19.9. The Labute approximate surface area is 566 Å². The molecule has 13 N–H and O–H groups in total. The van der Waals surface area contributed by atoms with Crippen molar-refractivity contribution in [1.29, 1.82) is 0 Å². The Balaban J connectivity index is 1.02. The third-order valence-electron chi connectivity index (χ3n) is 17.8. The van der Waals surface area contributed by atoms with Crippen molar-refractivity contribution in [3.63, 3.8) is 0 Å². The van der Waals surface area contributed by atoms with E-state index < -0.39 is 131 Å². The molecule has 518 valence electrons. The van der Waals surface area contributed by atoms with Gasteiger partial charge in [0.25, 0.3) is 0 Å². The lowest BCUT2D eigenvalue weighted by Crippen LogP contribution is -2.62. The van der Waals surface area contributed by atoms with Gasteiger partial charge >= 0.3 is 0 Å². The average Bonchev–Trinajstić information content (AvgIpc) is 1.70. The Hall–Kier alpha value is -9.09. The van der Waals surface area contributed by atoms with Gasteiger partial charge in [-0.25, -0.2) is 13.2 Å². The van der Waals surface area contributed by atoms with Gasteiger partial charge in [-0.1, -0.05) is 18.2 Å². The van der Waals surface area contributed by atoms with Crippen LogP contribution in [0.15, 0.2) is 91.3 Å². The minimum absolute atomic E-state index is 0.0120. The summed E-state index contributed by atoms with van der Waals surface area (Å²) in [7, 11) is 1.49. The molecule has 2 saturated heterocycles. The van der Waals surface area contributed by atoms with Crippen LogP contribution in [0.25, 0.3) is 21.8 Å². The highest BCUT2D eigenvalue weighted by atomic mass is 32.2. The van der Waals surface area contributed by atoms with Gasteiger partial charge in [-0.05, 0) is 154 Å². The molecular weight excluding hydrogens is 1300 g/mol. The molecule has 0 radical (unpaired) electrons. The summed E-state index contributed by atoms with van der Waals surface area (Å²) < 4.78 is 50.3. The second-order valence-corrected chi connectivity index (χ2v) is 27.0. The fourth-order valence-electron chi connectivity index (χ4n) is 12.5. The van der Waals surface area contributed by atoms with Gasteiger partial charge in [0.05, 0.1) is 13.7 Å². The maximum atomic E-state index is 15.3. The molecule has 2 fully saturated rings. The molecule has 3 aliphatic rings. The molecular formula is C68H82F3N13O11S2. The van der Waals surface area contributed by atoms with Crippen LogP contribution >= 0.6 is 23.5 Å². The zero-order valence-corrected chi connectivity index (χ0v) is 55.8. The first kappa shape index (κ1) is 72.2. The average molecular weight is 1380 g/mol. The van der Waals surface area contributed by atoms with Crippen LogP contribution in [0.3, 0.4) is 0 Å². The monoisotopic (exact) mass is 1380 g/mol. The fraction of sp³-hybridized carbons (Fsp3) is 0.441. The highest BCUT2D eigenvalue weighted by Gasteiger charge is 2.48. The molecule has 0 aliphatic carbocycles. The molecule has 5 heterocycles. The van der Waals surface area contributed by atoms with Crippen molar-refractivity contribution in [3.8, 4) is 5.75 Å². The van der Waals surface area contributed by atoms with E-state index >= 15 is 14.0 Å². The van der Waals surface area contributed by atoms with Crippen molar-refractivity contribution in [2.24, 2.45) is 11.5 Å². The summed E-state index contributed by atoms with van der Waals surface area (Å²) >= 11 is 2.55. The summed E-state index contributed by atoms with van der Waals surface area (Å²) in [4.78, 5) is 152. The number of rotatable bonds is 12. The summed E-state index contributed by atoms with van der Waals surface area (Å²) in [6.07, 6.45) is 4.45. The first-order valence-electron chi connectivity index (χ1n) is 32.3. The second-order valence-electron chi connectivity index (χ2n) is 24.8. The number of H-pyrrole nitrogens is 2. The van der Waals surface area contributed by atoms with Crippen LogP contribution in [-0.2, 0) is 78.7 Å². The van der Waals surface area contributed by atoms with Gasteiger partial charge in [0, 0.05) is 96.0 Å². The Morgan fingerprint density at radius 2 is 1.27 bits per heavy atom. The minimum Gasteiger partial charge on any atom is -0.497 e. The fourth-order valence-corrected chi connectivity index (χ4v) is 14.4. The molecule has 0 spiro atoms. The van der Waals surface area contributed by atoms with Gasteiger partial charge in [-0.3, -0.25) is 47.9 Å². The number of hydrogen-bond donors (Lipinski definition) is 11. The molecule has 6 aromatic rings. The molecule has 8 atom stereocenters. The first-order valence-corrected chi connectivity index (χ1v) is 34.6. The smallest absolute Gasteiger partial charge is 0.246 e. The van der Waals surface area contributed by atoms with Crippen molar-refractivity contribution in [2.75, 3.05) is 44.8 Å². The molecule has 4 aromatic carbocycles. The van der Waals surface area contributed by atoms with E-state index in [0.29, 0.717) is 93.4 Å². The maximum absolute atomic E-state index is 15.3.